The first kappa shape index (κ1) is 32.3. The second-order valence-electron chi connectivity index (χ2n) is 12.2. The summed E-state index contributed by atoms with van der Waals surface area (Å²) in [5.74, 6) is 0.275. The molecule has 10 heteroatoms. The molecule has 0 N–H and O–H groups in total. The second-order valence-corrected chi connectivity index (χ2v) is 13.7. The van der Waals surface area contributed by atoms with Crippen LogP contribution in [-0.4, -0.2) is 70.8 Å². The Morgan fingerprint density at radius 3 is 2.34 bits per heavy atom. The van der Waals surface area contributed by atoms with Gasteiger partial charge in [-0.2, -0.15) is 0 Å². The quantitative estimate of drug-likeness (QED) is 0.173. The Hall–Kier alpha value is -3.11. The lowest BCUT2D eigenvalue weighted by atomic mass is 9.91. The summed E-state index contributed by atoms with van der Waals surface area (Å²) >= 11 is 7.83. The third kappa shape index (κ3) is 6.91. The number of ether oxygens (including phenoxy) is 2. The van der Waals surface area contributed by atoms with Gasteiger partial charge in [-0.1, -0.05) is 37.6 Å². The molecule has 1 fully saturated rings. The van der Waals surface area contributed by atoms with E-state index in [1.54, 1.807) is 11.3 Å². The zero-order valence-electron chi connectivity index (χ0n) is 26.7. The first-order valence-electron chi connectivity index (χ1n) is 15.3. The van der Waals surface area contributed by atoms with Gasteiger partial charge in [0, 0.05) is 54.6 Å². The maximum absolute atomic E-state index is 13.2. The van der Waals surface area contributed by atoms with Crippen LogP contribution in [0.4, 0.5) is 5.95 Å². The van der Waals surface area contributed by atoms with Crippen molar-refractivity contribution >= 4 is 45.1 Å². The van der Waals surface area contributed by atoms with Crippen LogP contribution in [0.1, 0.15) is 64.7 Å². The molecular formula is C34H42ClN5O3S. The van der Waals surface area contributed by atoms with Crippen molar-refractivity contribution in [1.82, 2.24) is 19.9 Å². The molecule has 1 unspecified atom stereocenters. The van der Waals surface area contributed by atoms with Crippen molar-refractivity contribution < 1.29 is 14.3 Å². The highest BCUT2D eigenvalue weighted by Crippen LogP contribution is 2.44. The van der Waals surface area contributed by atoms with Gasteiger partial charge in [0.15, 0.2) is 6.10 Å². The van der Waals surface area contributed by atoms with Crippen LogP contribution < -0.4 is 4.90 Å². The van der Waals surface area contributed by atoms with E-state index >= 15 is 0 Å². The van der Waals surface area contributed by atoms with Gasteiger partial charge in [0.2, 0.25) is 5.95 Å². The van der Waals surface area contributed by atoms with E-state index in [1.165, 1.54) is 20.0 Å². The molecule has 0 radical (unpaired) electrons. The minimum absolute atomic E-state index is 0.452. The Morgan fingerprint density at radius 1 is 1.05 bits per heavy atom. The van der Waals surface area contributed by atoms with Crippen LogP contribution >= 0.6 is 22.9 Å². The van der Waals surface area contributed by atoms with Crippen molar-refractivity contribution in [2.75, 3.05) is 38.2 Å². The standard InChI is InChI=1S/C34H42ClN5O3S/c1-8-24(9-2)39-16-18-40(19-17-39)33-36-15-14-25(38-33)31-37-26-20-21(3)27(29(32(41)42-7)43-34(4,5)6)28(30(26)44-31)22-10-12-23(35)13-11-22/h10-15,20,24,29H,8-9,16-19H2,1-7H3. The maximum atomic E-state index is 13.2. The highest BCUT2D eigenvalue weighted by atomic mass is 35.5. The van der Waals surface area contributed by atoms with Gasteiger partial charge in [0.1, 0.15) is 10.7 Å². The SMILES string of the molecule is CCC(CC)N1CCN(c2nccc(-c3nc4cc(C)c(C(OC(C)(C)C)C(=O)OC)c(-c5ccc(Cl)cc5)c4s3)n2)CC1. The summed E-state index contributed by atoms with van der Waals surface area (Å²) in [5.41, 5.74) is 4.45. The van der Waals surface area contributed by atoms with Crippen molar-refractivity contribution in [2.45, 2.75) is 72.1 Å². The minimum atomic E-state index is -0.926. The van der Waals surface area contributed by atoms with Crippen LogP contribution in [0.3, 0.4) is 0 Å². The molecular weight excluding hydrogens is 594 g/mol. The highest BCUT2D eigenvalue weighted by molar-refractivity contribution is 7.22. The predicted octanol–water partition coefficient (Wildman–Crippen LogP) is 7.72. The largest absolute Gasteiger partial charge is 0.467 e. The van der Waals surface area contributed by atoms with E-state index < -0.39 is 17.7 Å². The number of methoxy groups -OCH3 is 1. The molecule has 0 bridgehead atoms. The summed E-state index contributed by atoms with van der Waals surface area (Å²) in [5, 5.41) is 1.42. The van der Waals surface area contributed by atoms with Crippen LogP contribution in [0.25, 0.3) is 32.0 Å². The lowest BCUT2D eigenvalue weighted by molar-refractivity contribution is -0.164. The number of rotatable bonds is 9. The highest BCUT2D eigenvalue weighted by Gasteiger charge is 2.33. The van der Waals surface area contributed by atoms with Gasteiger partial charge in [0.25, 0.3) is 0 Å². The molecule has 1 aliphatic heterocycles. The summed E-state index contributed by atoms with van der Waals surface area (Å²) < 4.78 is 12.5. The smallest absolute Gasteiger partial charge is 0.339 e. The van der Waals surface area contributed by atoms with Crippen molar-refractivity contribution in [2.24, 2.45) is 0 Å². The predicted molar refractivity (Wildman–Crippen MR) is 180 cm³/mol. The Morgan fingerprint density at radius 2 is 1.73 bits per heavy atom. The van der Waals surface area contributed by atoms with Crippen LogP contribution in [0, 0.1) is 6.92 Å². The van der Waals surface area contributed by atoms with Crippen LogP contribution in [0.5, 0.6) is 0 Å². The number of benzene rings is 2. The summed E-state index contributed by atoms with van der Waals surface area (Å²) in [7, 11) is 1.39. The van der Waals surface area contributed by atoms with E-state index in [9.17, 15) is 4.79 Å². The molecule has 3 heterocycles. The van der Waals surface area contributed by atoms with Gasteiger partial charge < -0.3 is 14.4 Å². The molecule has 234 valence electrons. The summed E-state index contributed by atoms with van der Waals surface area (Å²) in [6.07, 6.45) is 3.23. The average Bonchev–Trinajstić information content (AvgIpc) is 3.44. The molecule has 2 aromatic carbocycles. The van der Waals surface area contributed by atoms with Crippen molar-refractivity contribution in [3.63, 3.8) is 0 Å². The second kappa shape index (κ2) is 13.5. The third-order valence-corrected chi connectivity index (χ3v) is 9.49. The first-order valence-corrected chi connectivity index (χ1v) is 16.5. The van der Waals surface area contributed by atoms with Crippen molar-refractivity contribution in [1.29, 1.82) is 0 Å². The molecule has 1 aliphatic rings. The van der Waals surface area contributed by atoms with Crippen LogP contribution in [0.2, 0.25) is 5.02 Å². The fourth-order valence-electron chi connectivity index (χ4n) is 5.96. The Bertz CT molecular complexity index is 1610. The minimum Gasteiger partial charge on any atom is -0.467 e. The number of thiazole rings is 1. The number of anilines is 1. The van der Waals surface area contributed by atoms with Crippen LogP contribution in [-0.2, 0) is 14.3 Å². The number of nitrogens with zero attached hydrogens (tertiary/aromatic N) is 5. The number of hydrogen-bond acceptors (Lipinski definition) is 9. The molecule has 2 aromatic heterocycles. The first-order chi connectivity index (χ1) is 21.0. The number of piperazine rings is 1. The lowest BCUT2D eigenvalue weighted by Gasteiger charge is -2.38. The van der Waals surface area contributed by atoms with E-state index in [1.807, 2.05) is 70.3 Å². The zero-order chi connectivity index (χ0) is 31.6. The van der Waals surface area contributed by atoms with Gasteiger partial charge in [-0.15, -0.1) is 11.3 Å². The number of carbonyl (C=O) groups is 1. The molecule has 0 spiro atoms. The van der Waals surface area contributed by atoms with E-state index in [0.29, 0.717) is 11.1 Å². The number of esters is 1. The Labute approximate surface area is 269 Å². The molecule has 8 nitrogen and oxygen atoms in total. The van der Waals surface area contributed by atoms with Gasteiger partial charge >= 0.3 is 5.97 Å². The van der Waals surface area contributed by atoms with Gasteiger partial charge in [0.05, 0.1) is 22.9 Å². The lowest BCUT2D eigenvalue weighted by Crippen LogP contribution is -2.50. The van der Waals surface area contributed by atoms with Crippen molar-refractivity contribution in [3.05, 3.63) is 58.7 Å². The van der Waals surface area contributed by atoms with Gasteiger partial charge in [-0.25, -0.2) is 19.7 Å². The fourth-order valence-corrected chi connectivity index (χ4v) is 7.18. The molecule has 44 heavy (non-hydrogen) atoms. The number of carbonyl (C=O) groups excluding carboxylic acids is 1. The molecule has 0 aliphatic carbocycles. The number of hydrogen-bond donors (Lipinski definition) is 0. The summed E-state index contributed by atoms with van der Waals surface area (Å²) in [6, 6.07) is 12.2. The van der Waals surface area contributed by atoms with E-state index in [4.69, 9.17) is 31.0 Å². The molecule has 4 aromatic rings. The molecule has 1 saturated heterocycles. The molecule has 5 rings (SSSR count). The maximum Gasteiger partial charge on any atom is 0.339 e. The summed E-state index contributed by atoms with van der Waals surface area (Å²) in [4.78, 5) is 32.7. The number of halogens is 1. The Kier molecular flexibility index (Phi) is 9.89. The van der Waals surface area contributed by atoms with Crippen LogP contribution in [0.15, 0.2) is 42.6 Å². The Balaban J connectivity index is 1.58. The number of aromatic nitrogens is 3. The monoisotopic (exact) mass is 635 g/mol. The topological polar surface area (TPSA) is 80.7 Å². The van der Waals surface area contributed by atoms with E-state index in [2.05, 4.69) is 28.6 Å². The number of aryl methyl sites for hydroxylation is 1. The normalized spacial score (nSPS) is 15.2. The molecule has 1 atom stereocenters. The third-order valence-electron chi connectivity index (χ3n) is 8.13. The average molecular weight is 636 g/mol. The van der Waals surface area contributed by atoms with Gasteiger partial charge in [-0.3, -0.25) is 4.90 Å². The van der Waals surface area contributed by atoms with E-state index in [0.717, 1.165) is 75.3 Å². The molecule has 0 amide bonds. The zero-order valence-corrected chi connectivity index (χ0v) is 28.3. The van der Waals surface area contributed by atoms with Crippen molar-refractivity contribution in [3.8, 4) is 21.8 Å². The summed E-state index contributed by atoms with van der Waals surface area (Å²) in [6.45, 7) is 16.1. The number of fused-ring (bicyclic) bond motifs is 1. The van der Waals surface area contributed by atoms with Gasteiger partial charge in [-0.05, 0) is 75.9 Å². The molecule has 0 saturated carbocycles. The fraction of sp³-hybridized carbons (Fsp3) is 0.471. The van der Waals surface area contributed by atoms with E-state index in [-0.39, 0.29) is 0 Å².